The Bertz CT molecular complexity index is 2810. The fourth-order valence-corrected chi connectivity index (χ4v) is 8.07. The van der Waals surface area contributed by atoms with Crippen LogP contribution in [0.4, 0.5) is 17.1 Å². The fourth-order valence-electron chi connectivity index (χ4n) is 8.07. The molecule has 0 aliphatic heterocycles. The highest BCUT2D eigenvalue weighted by atomic mass is 15.1. The van der Waals surface area contributed by atoms with Crippen molar-refractivity contribution in [3.05, 3.63) is 199 Å². The van der Waals surface area contributed by atoms with Crippen LogP contribution in [-0.4, -0.2) is 0 Å². The summed E-state index contributed by atoms with van der Waals surface area (Å²) in [4.78, 5) is 2.43. The molecule has 0 fully saturated rings. The van der Waals surface area contributed by atoms with E-state index in [4.69, 9.17) is 0 Å². The lowest BCUT2D eigenvalue weighted by Gasteiger charge is -2.29. The van der Waals surface area contributed by atoms with E-state index in [1.165, 1.54) is 76.2 Å². The molecule has 238 valence electrons. The van der Waals surface area contributed by atoms with Crippen LogP contribution in [0.2, 0.25) is 0 Å². The second kappa shape index (κ2) is 12.0. The minimum absolute atomic E-state index is 1.11. The first kappa shape index (κ1) is 29.2. The predicted octanol–water partition coefficient (Wildman–Crippen LogP) is 14.2. The first-order chi connectivity index (χ1) is 25.3. The molecule has 0 aliphatic rings. The molecule has 0 radical (unpaired) electrons. The van der Waals surface area contributed by atoms with Crippen LogP contribution in [-0.2, 0) is 0 Å². The van der Waals surface area contributed by atoms with Crippen LogP contribution in [0.25, 0.3) is 77.1 Å². The van der Waals surface area contributed by atoms with Crippen LogP contribution < -0.4 is 4.90 Å². The second-order valence-electron chi connectivity index (χ2n) is 13.3. The van der Waals surface area contributed by atoms with E-state index in [1.807, 2.05) is 0 Å². The van der Waals surface area contributed by atoms with Crippen molar-refractivity contribution in [3.63, 3.8) is 0 Å². The van der Waals surface area contributed by atoms with Crippen LogP contribution in [0.15, 0.2) is 188 Å². The molecule has 10 aromatic rings. The average molecular weight is 648 g/mol. The largest absolute Gasteiger partial charge is 0.309 e. The Morgan fingerprint density at radius 3 is 1.45 bits per heavy atom. The van der Waals surface area contributed by atoms with Crippen LogP contribution in [0.3, 0.4) is 0 Å². The minimum atomic E-state index is 1.11. The number of rotatable bonds is 6. The Hall–Kier alpha value is -6.70. The van der Waals surface area contributed by atoms with Crippen LogP contribution >= 0.6 is 0 Å². The quantitative estimate of drug-likeness (QED) is 0.0986. The van der Waals surface area contributed by atoms with Crippen LogP contribution in [0.1, 0.15) is 11.1 Å². The minimum Gasteiger partial charge on any atom is -0.309 e. The van der Waals surface area contributed by atoms with Crippen molar-refractivity contribution < 1.29 is 0 Å². The maximum atomic E-state index is 2.43. The summed E-state index contributed by atoms with van der Waals surface area (Å²) in [7, 11) is 0. The zero-order chi connectivity index (χ0) is 33.7. The third-order valence-electron chi connectivity index (χ3n) is 10.4. The summed E-state index contributed by atoms with van der Waals surface area (Å²) >= 11 is 0. The normalized spacial score (nSPS) is 11.8. The molecule has 0 spiro atoms. The highest BCUT2D eigenvalue weighted by molar-refractivity contribution is 6.29. The maximum Gasteiger partial charge on any atom is 0.0618 e. The zero-order valence-electron chi connectivity index (χ0n) is 28.0. The van der Waals surface area contributed by atoms with Gasteiger partial charge in [0, 0.05) is 22.1 Å². The van der Waals surface area contributed by atoms with Crippen LogP contribution in [0, 0.1) is 0 Å². The molecular formula is C50H33N. The van der Waals surface area contributed by atoms with E-state index in [0.717, 1.165) is 16.9 Å². The number of hydrogen-bond acceptors (Lipinski definition) is 1. The van der Waals surface area contributed by atoms with Gasteiger partial charge in [0.15, 0.2) is 0 Å². The van der Waals surface area contributed by atoms with Gasteiger partial charge < -0.3 is 4.90 Å². The molecule has 0 unspecified atom stereocenters. The van der Waals surface area contributed by atoms with Crippen molar-refractivity contribution >= 4 is 83.1 Å². The predicted molar refractivity (Wildman–Crippen MR) is 221 cm³/mol. The Balaban J connectivity index is 1.23. The highest BCUT2D eigenvalue weighted by Gasteiger charge is 2.23. The summed E-state index contributed by atoms with van der Waals surface area (Å²) in [5, 5.41) is 12.7. The van der Waals surface area contributed by atoms with Gasteiger partial charge in [0.2, 0.25) is 0 Å². The summed E-state index contributed by atoms with van der Waals surface area (Å²) in [6, 6.07) is 68.5. The van der Waals surface area contributed by atoms with Gasteiger partial charge in [-0.15, -0.1) is 0 Å². The third kappa shape index (κ3) is 4.86. The second-order valence-corrected chi connectivity index (χ2v) is 13.3. The molecule has 0 N–H and O–H groups in total. The van der Waals surface area contributed by atoms with E-state index in [0.29, 0.717) is 0 Å². The lowest BCUT2D eigenvalue weighted by atomic mass is 9.85. The zero-order valence-corrected chi connectivity index (χ0v) is 28.0. The third-order valence-corrected chi connectivity index (χ3v) is 10.4. The van der Waals surface area contributed by atoms with Gasteiger partial charge in [0.05, 0.1) is 5.69 Å². The number of anilines is 3. The highest BCUT2D eigenvalue weighted by Crippen LogP contribution is 2.50. The molecule has 0 bridgehead atoms. The molecule has 0 saturated carbocycles. The average Bonchev–Trinajstić information content (AvgIpc) is 3.20. The molecule has 0 aromatic heterocycles. The lowest BCUT2D eigenvalue weighted by Crippen LogP contribution is -2.11. The maximum absolute atomic E-state index is 2.43. The molecule has 1 nitrogen and oxygen atoms in total. The van der Waals surface area contributed by atoms with Gasteiger partial charge in [-0.1, -0.05) is 176 Å². The number of para-hydroxylation sites is 1. The molecule has 0 saturated heterocycles. The molecular weight excluding hydrogens is 615 g/mol. The molecule has 10 aromatic carbocycles. The molecule has 1 heteroatoms. The van der Waals surface area contributed by atoms with Gasteiger partial charge in [-0.2, -0.15) is 0 Å². The van der Waals surface area contributed by atoms with Crippen molar-refractivity contribution in [2.75, 3.05) is 4.90 Å². The van der Waals surface area contributed by atoms with E-state index in [-0.39, 0.29) is 0 Å². The Morgan fingerprint density at radius 1 is 0.314 bits per heavy atom. The van der Waals surface area contributed by atoms with E-state index < -0.39 is 0 Å². The summed E-state index contributed by atoms with van der Waals surface area (Å²) in [5.41, 5.74) is 8.31. The fraction of sp³-hybridized carbons (Fsp3) is 0. The molecule has 0 amide bonds. The van der Waals surface area contributed by atoms with Gasteiger partial charge in [0.25, 0.3) is 0 Å². The Morgan fingerprint density at radius 2 is 0.804 bits per heavy atom. The number of hydrogen-bond donors (Lipinski definition) is 0. The molecule has 0 atom stereocenters. The van der Waals surface area contributed by atoms with Crippen molar-refractivity contribution in [2.45, 2.75) is 0 Å². The number of fused-ring (bicyclic) bond motifs is 2. The molecule has 51 heavy (non-hydrogen) atoms. The molecule has 10 rings (SSSR count). The van der Waals surface area contributed by atoms with Gasteiger partial charge in [-0.05, 0) is 89.6 Å². The summed E-state index contributed by atoms with van der Waals surface area (Å²) in [5.74, 6) is 0. The standard InChI is InChI=1S/C50H33N/c1-3-12-34(13-4-1)22-23-35-24-30-40(31-25-35)51(39-16-5-2-6-17-39)50-45-20-9-7-18-41(45)49(42-19-8-10-21-46(42)50)44-33-29-38-27-26-36-14-11-15-37-28-32-43(44)48(38)47(36)37/h1-33H/b23-22+. The molecule has 0 aliphatic carbocycles. The SMILES string of the molecule is C(=C\c1ccc(N(c2ccccc2)c2c3ccccc3c(-c3ccc4ccc5cccc6ccc3c4c56)c3ccccc23)cc1)/c1ccccc1. The summed E-state index contributed by atoms with van der Waals surface area (Å²) < 4.78 is 0. The Labute approximate surface area is 297 Å². The van der Waals surface area contributed by atoms with Gasteiger partial charge in [0.1, 0.15) is 0 Å². The first-order valence-corrected chi connectivity index (χ1v) is 17.6. The van der Waals surface area contributed by atoms with E-state index in [1.54, 1.807) is 0 Å². The number of benzene rings is 10. The van der Waals surface area contributed by atoms with Gasteiger partial charge >= 0.3 is 0 Å². The molecule has 0 heterocycles. The Kier molecular flexibility index (Phi) is 6.89. The summed E-state index contributed by atoms with van der Waals surface area (Å²) in [6.45, 7) is 0. The van der Waals surface area contributed by atoms with Crippen molar-refractivity contribution in [2.24, 2.45) is 0 Å². The monoisotopic (exact) mass is 647 g/mol. The number of nitrogens with zero attached hydrogens (tertiary/aromatic N) is 1. The van der Waals surface area contributed by atoms with Crippen molar-refractivity contribution in [1.82, 2.24) is 0 Å². The van der Waals surface area contributed by atoms with Crippen molar-refractivity contribution in [3.8, 4) is 11.1 Å². The van der Waals surface area contributed by atoms with E-state index in [9.17, 15) is 0 Å². The van der Waals surface area contributed by atoms with E-state index >= 15 is 0 Å². The topological polar surface area (TPSA) is 3.24 Å². The smallest absolute Gasteiger partial charge is 0.0618 e. The summed E-state index contributed by atoms with van der Waals surface area (Å²) in [6.07, 6.45) is 4.35. The van der Waals surface area contributed by atoms with Crippen LogP contribution in [0.5, 0.6) is 0 Å². The first-order valence-electron chi connectivity index (χ1n) is 17.6. The van der Waals surface area contributed by atoms with Gasteiger partial charge in [-0.3, -0.25) is 0 Å². The van der Waals surface area contributed by atoms with Gasteiger partial charge in [-0.25, -0.2) is 0 Å². The van der Waals surface area contributed by atoms with E-state index in [2.05, 4.69) is 205 Å². The lowest BCUT2D eigenvalue weighted by molar-refractivity contribution is 1.31. The van der Waals surface area contributed by atoms with Crippen molar-refractivity contribution in [1.29, 1.82) is 0 Å².